The smallest absolute Gasteiger partial charge is 0.127 e. The van der Waals surface area contributed by atoms with Gasteiger partial charge in [0.1, 0.15) is 5.75 Å². The molecule has 1 rings (SSSR count). The van der Waals surface area contributed by atoms with Crippen molar-refractivity contribution in [3.63, 3.8) is 0 Å². The second kappa shape index (κ2) is 6.16. The lowest BCUT2D eigenvalue weighted by Crippen LogP contribution is -1.92. The number of aliphatic hydroxyl groups excluding tert-OH is 1. The lowest BCUT2D eigenvalue weighted by atomic mass is 10.2. The molecule has 0 spiro atoms. The Morgan fingerprint density at radius 3 is 2.93 bits per heavy atom. The number of para-hydroxylation sites is 1. The molecule has 3 heteroatoms. The molecular weight excluding hydrogens is 178 g/mol. The van der Waals surface area contributed by atoms with E-state index in [0.29, 0.717) is 13.0 Å². The topological polar surface area (TPSA) is 41.8 Å². The second-order valence-electron chi connectivity index (χ2n) is 2.85. The Morgan fingerprint density at radius 2 is 2.21 bits per heavy atom. The molecule has 0 saturated carbocycles. The van der Waals surface area contributed by atoms with Crippen molar-refractivity contribution in [2.45, 2.75) is 6.42 Å². The average molecular weight is 193 g/mol. The fourth-order valence-electron chi connectivity index (χ4n) is 1.10. The maximum Gasteiger partial charge on any atom is 0.127 e. The van der Waals surface area contributed by atoms with Gasteiger partial charge in [0.25, 0.3) is 0 Å². The summed E-state index contributed by atoms with van der Waals surface area (Å²) in [4.78, 5) is 4.17. The van der Waals surface area contributed by atoms with E-state index >= 15 is 0 Å². The highest BCUT2D eigenvalue weighted by Gasteiger charge is 1.96. The minimum atomic E-state index is 0.184. The summed E-state index contributed by atoms with van der Waals surface area (Å²) in [5, 5.41) is 8.57. The molecule has 1 aromatic rings. The molecule has 14 heavy (non-hydrogen) atoms. The van der Waals surface area contributed by atoms with Crippen molar-refractivity contribution in [2.75, 3.05) is 20.3 Å². The minimum Gasteiger partial charge on any atom is -0.496 e. The number of hydrogen-bond acceptors (Lipinski definition) is 3. The van der Waals surface area contributed by atoms with Crippen molar-refractivity contribution in [1.29, 1.82) is 0 Å². The van der Waals surface area contributed by atoms with Crippen LogP contribution in [0, 0.1) is 0 Å². The first-order valence-corrected chi connectivity index (χ1v) is 4.62. The average Bonchev–Trinajstić information content (AvgIpc) is 2.25. The largest absolute Gasteiger partial charge is 0.496 e. The molecule has 0 fully saturated rings. The van der Waals surface area contributed by atoms with Gasteiger partial charge < -0.3 is 9.84 Å². The molecule has 0 aliphatic carbocycles. The van der Waals surface area contributed by atoms with E-state index in [2.05, 4.69) is 4.99 Å². The van der Waals surface area contributed by atoms with Gasteiger partial charge in [-0.2, -0.15) is 0 Å². The first-order valence-electron chi connectivity index (χ1n) is 4.62. The Morgan fingerprint density at radius 1 is 1.43 bits per heavy atom. The number of aliphatic imine (C=N–C) groups is 1. The van der Waals surface area contributed by atoms with Crippen molar-refractivity contribution < 1.29 is 9.84 Å². The zero-order valence-electron chi connectivity index (χ0n) is 8.31. The van der Waals surface area contributed by atoms with E-state index in [9.17, 15) is 0 Å². The van der Waals surface area contributed by atoms with Crippen LogP contribution >= 0.6 is 0 Å². The molecule has 0 amide bonds. The molecule has 1 aromatic carbocycles. The number of benzene rings is 1. The zero-order valence-corrected chi connectivity index (χ0v) is 8.31. The molecule has 0 aliphatic rings. The lowest BCUT2D eigenvalue weighted by molar-refractivity contribution is 0.291. The number of nitrogens with zero attached hydrogens (tertiary/aromatic N) is 1. The van der Waals surface area contributed by atoms with Gasteiger partial charge in [-0.25, -0.2) is 0 Å². The first kappa shape index (κ1) is 10.7. The molecule has 76 valence electrons. The summed E-state index contributed by atoms with van der Waals surface area (Å²) < 4.78 is 5.16. The van der Waals surface area contributed by atoms with E-state index in [0.717, 1.165) is 11.3 Å². The third-order valence-electron chi connectivity index (χ3n) is 1.81. The molecule has 0 unspecified atom stereocenters. The highest BCUT2D eigenvalue weighted by atomic mass is 16.5. The molecule has 0 saturated heterocycles. The van der Waals surface area contributed by atoms with E-state index < -0.39 is 0 Å². The third-order valence-corrected chi connectivity index (χ3v) is 1.81. The van der Waals surface area contributed by atoms with Crippen LogP contribution in [0.25, 0.3) is 0 Å². The van der Waals surface area contributed by atoms with Crippen LogP contribution in [0.5, 0.6) is 5.75 Å². The normalized spacial score (nSPS) is 10.7. The van der Waals surface area contributed by atoms with Crippen molar-refractivity contribution in [3.05, 3.63) is 29.8 Å². The van der Waals surface area contributed by atoms with E-state index in [-0.39, 0.29) is 6.61 Å². The molecule has 0 heterocycles. The molecule has 0 aromatic heterocycles. The maximum atomic E-state index is 8.57. The van der Waals surface area contributed by atoms with Gasteiger partial charge in [0.2, 0.25) is 0 Å². The van der Waals surface area contributed by atoms with Gasteiger partial charge in [-0.05, 0) is 18.6 Å². The van der Waals surface area contributed by atoms with E-state index in [1.807, 2.05) is 24.3 Å². The van der Waals surface area contributed by atoms with Gasteiger partial charge in [0.15, 0.2) is 0 Å². The Balaban J connectivity index is 2.61. The van der Waals surface area contributed by atoms with Crippen LogP contribution in [-0.4, -0.2) is 31.6 Å². The van der Waals surface area contributed by atoms with Gasteiger partial charge >= 0.3 is 0 Å². The third kappa shape index (κ3) is 3.18. The Kier molecular flexibility index (Phi) is 4.72. The van der Waals surface area contributed by atoms with Crippen molar-refractivity contribution in [2.24, 2.45) is 4.99 Å². The van der Waals surface area contributed by atoms with Crippen LogP contribution in [0.2, 0.25) is 0 Å². The van der Waals surface area contributed by atoms with Gasteiger partial charge in [-0.3, -0.25) is 4.99 Å². The van der Waals surface area contributed by atoms with Gasteiger partial charge in [-0.1, -0.05) is 12.1 Å². The van der Waals surface area contributed by atoms with Crippen LogP contribution in [0.3, 0.4) is 0 Å². The molecule has 1 N–H and O–H groups in total. The molecule has 3 nitrogen and oxygen atoms in total. The minimum absolute atomic E-state index is 0.184. The summed E-state index contributed by atoms with van der Waals surface area (Å²) in [6.07, 6.45) is 2.47. The van der Waals surface area contributed by atoms with Crippen LogP contribution in [0.4, 0.5) is 0 Å². The van der Waals surface area contributed by atoms with Crippen LogP contribution in [0.1, 0.15) is 12.0 Å². The molecular formula is C11H15NO2. The summed E-state index contributed by atoms with van der Waals surface area (Å²) in [5.74, 6) is 0.820. The summed E-state index contributed by atoms with van der Waals surface area (Å²) in [6.45, 7) is 0.831. The van der Waals surface area contributed by atoms with Crippen LogP contribution in [-0.2, 0) is 0 Å². The fourth-order valence-corrected chi connectivity index (χ4v) is 1.10. The Bertz CT molecular complexity index is 297. The van der Waals surface area contributed by atoms with E-state index in [1.54, 1.807) is 13.3 Å². The molecule has 0 radical (unpaired) electrons. The zero-order chi connectivity index (χ0) is 10.2. The maximum absolute atomic E-state index is 8.57. The quantitative estimate of drug-likeness (QED) is 0.568. The fraction of sp³-hybridized carbons (Fsp3) is 0.364. The number of rotatable bonds is 5. The number of methoxy groups -OCH3 is 1. The van der Waals surface area contributed by atoms with Crippen LogP contribution in [0.15, 0.2) is 29.3 Å². The van der Waals surface area contributed by atoms with E-state index in [4.69, 9.17) is 9.84 Å². The predicted octanol–water partition coefficient (Wildman–Crippen LogP) is 1.50. The first-order chi connectivity index (χ1) is 6.88. The monoisotopic (exact) mass is 193 g/mol. The SMILES string of the molecule is COc1ccccc1C=NCCCO. The number of hydrogen-bond donors (Lipinski definition) is 1. The summed E-state index contributed by atoms with van der Waals surface area (Å²) >= 11 is 0. The second-order valence-corrected chi connectivity index (χ2v) is 2.85. The van der Waals surface area contributed by atoms with Gasteiger partial charge in [0.05, 0.1) is 7.11 Å². The predicted molar refractivity (Wildman–Crippen MR) is 57.2 cm³/mol. The molecule has 0 aliphatic heterocycles. The standard InChI is InChI=1S/C11H15NO2/c1-14-11-6-3-2-5-10(11)9-12-7-4-8-13/h2-3,5-6,9,13H,4,7-8H2,1H3. The number of aliphatic hydroxyl groups is 1. The highest BCUT2D eigenvalue weighted by molar-refractivity contribution is 5.83. The summed E-state index contributed by atoms with van der Waals surface area (Å²) in [7, 11) is 1.64. The van der Waals surface area contributed by atoms with Crippen molar-refractivity contribution in [3.8, 4) is 5.75 Å². The van der Waals surface area contributed by atoms with Gasteiger partial charge in [0, 0.05) is 24.9 Å². The lowest BCUT2D eigenvalue weighted by Gasteiger charge is -2.02. The van der Waals surface area contributed by atoms with Gasteiger partial charge in [-0.15, -0.1) is 0 Å². The summed E-state index contributed by atoms with van der Waals surface area (Å²) in [6, 6.07) is 7.70. The van der Waals surface area contributed by atoms with E-state index in [1.165, 1.54) is 0 Å². The van der Waals surface area contributed by atoms with Crippen molar-refractivity contribution in [1.82, 2.24) is 0 Å². The highest BCUT2D eigenvalue weighted by Crippen LogP contribution is 2.14. The number of ether oxygens (including phenoxy) is 1. The van der Waals surface area contributed by atoms with Crippen LogP contribution < -0.4 is 4.74 Å². The molecule has 0 bridgehead atoms. The Hall–Kier alpha value is -1.35. The summed E-state index contributed by atoms with van der Waals surface area (Å²) in [5.41, 5.74) is 0.966. The Labute approximate surface area is 84.1 Å². The van der Waals surface area contributed by atoms with Crippen molar-refractivity contribution >= 4 is 6.21 Å². The molecule has 0 atom stereocenters.